The molecule has 0 unspecified atom stereocenters. The smallest absolute Gasteiger partial charge is 0.270 e. The predicted octanol–water partition coefficient (Wildman–Crippen LogP) is 0.711. The van der Waals surface area contributed by atoms with Crippen molar-refractivity contribution in [1.29, 1.82) is 0 Å². The third kappa shape index (κ3) is 3.19. The van der Waals surface area contributed by atoms with Crippen LogP contribution in [0.1, 0.15) is 5.56 Å². The van der Waals surface area contributed by atoms with Crippen LogP contribution in [0.15, 0.2) is 35.4 Å². The standard InChI is InChI=1S/C10H9N7O2/c11-10-13-14-15-16(10)12-6-2-4-8-3-1-5-9(7-8)17(18)19/h1-7H,(H2,11,13,15)/b4-2-,12-6+. The Morgan fingerprint density at radius 1 is 1.47 bits per heavy atom. The fourth-order valence-corrected chi connectivity index (χ4v) is 1.27. The molecule has 0 saturated heterocycles. The van der Waals surface area contributed by atoms with E-state index in [4.69, 9.17) is 5.73 Å². The highest BCUT2D eigenvalue weighted by Crippen LogP contribution is 2.13. The number of nitrogens with two attached hydrogens (primary N) is 1. The summed E-state index contributed by atoms with van der Waals surface area (Å²) < 4.78 is 0. The van der Waals surface area contributed by atoms with Crippen LogP contribution in [0, 0.1) is 10.1 Å². The number of tetrazole rings is 1. The van der Waals surface area contributed by atoms with E-state index in [2.05, 4.69) is 20.6 Å². The van der Waals surface area contributed by atoms with E-state index in [1.807, 2.05) is 0 Å². The maximum absolute atomic E-state index is 10.6. The lowest BCUT2D eigenvalue weighted by Crippen LogP contribution is -1.98. The lowest BCUT2D eigenvalue weighted by atomic mass is 10.2. The lowest BCUT2D eigenvalue weighted by molar-refractivity contribution is -0.384. The number of nitro groups is 1. The van der Waals surface area contributed by atoms with Crippen LogP contribution < -0.4 is 5.73 Å². The van der Waals surface area contributed by atoms with Crippen molar-refractivity contribution in [3.05, 3.63) is 46.0 Å². The SMILES string of the molecule is Nc1nnnn1/N=C/C=C\c1cccc([N+](=O)[O-])c1. The monoisotopic (exact) mass is 259 g/mol. The second-order valence-electron chi connectivity index (χ2n) is 3.40. The van der Waals surface area contributed by atoms with Gasteiger partial charge < -0.3 is 5.73 Å². The fraction of sp³-hybridized carbons (Fsp3) is 0. The quantitative estimate of drug-likeness (QED) is 0.489. The van der Waals surface area contributed by atoms with Crippen LogP contribution in [-0.2, 0) is 0 Å². The third-order valence-corrected chi connectivity index (χ3v) is 2.11. The number of hydrogen-bond donors (Lipinski definition) is 1. The molecule has 2 N–H and O–H groups in total. The number of hydrogen-bond acceptors (Lipinski definition) is 7. The minimum atomic E-state index is -0.451. The zero-order valence-electron chi connectivity index (χ0n) is 9.62. The van der Waals surface area contributed by atoms with Crippen LogP contribution >= 0.6 is 0 Å². The summed E-state index contributed by atoms with van der Waals surface area (Å²) >= 11 is 0. The van der Waals surface area contributed by atoms with Gasteiger partial charge in [0, 0.05) is 18.3 Å². The minimum absolute atomic E-state index is 0.0313. The molecule has 1 heterocycles. The molecule has 2 rings (SSSR count). The summed E-state index contributed by atoms with van der Waals surface area (Å²) in [6.45, 7) is 0. The van der Waals surface area contributed by atoms with Gasteiger partial charge in [0.15, 0.2) is 0 Å². The number of nitrogen functional groups attached to an aromatic ring is 1. The highest BCUT2D eigenvalue weighted by atomic mass is 16.6. The molecule has 0 spiro atoms. The van der Waals surface area contributed by atoms with E-state index in [1.54, 1.807) is 24.3 Å². The highest BCUT2D eigenvalue weighted by Gasteiger charge is 2.03. The van der Waals surface area contributed by atoms with Gasteiger partial charge in [-0.1, -0.05) is 28.1 Å². The largest absolute Gasteiger partial charge is 0.365 e. The Labute approximate surface area is 107 Å². The number of nitrogens with zero attached hydrogens (tertiary/aromatic N) is 6. The van der Waals surface area contributed by atoms with E-state index in [1.165, 1.54) is 18.3 Å². The van der Waals surface area contributed by atoms with Gasteiger partial charge >= 0.3 is 0 Å². The average Bonchev–Trinajstić information content (AvgIpc) is 2.81. The van der Waals surface area contributed by atoms with Crippen LogP contribution in [0.25, 0.3) is 6.08 Å². The summed E-state index contributed by atoms with van der Waals surface area (Å²) in [6, 6.07) is 6.22. The van der Waals surface area contributed by atoms with Gasteiger partial charge in [-0.2, -0.15) is 5.10 Å². The highest BCUT2D eigenvalue weighted by molar-refractivity contribution is 5.78. The van der Waals surface area contributed by atoms with Gasteiger partial charge in [0.25, 0.3) is 11.6 Å². The van der Waals surface area contributed by atoms with Crippen molar-refractivity contribution < 1.29 is 4.92 Å². The van der Waals surface area contributed by atoms with Crippen molar-refractivity contribution in [3.8, 4) is 0 Å². The maximum atomic E-state index is 10.6. The molecule has 0 fully saturated rings. The molecule has 9 heteroatoms. The summed E-state index contributed by atoms with van der Waals surface area (Å²) in [7, 11) is 0. The lowest BCUT2D eigenvalue weighted by Gasteiger charge is -1.93. The Hall–Kier alpha value is -3.10. The molecule has 96 valence electrons. The van der Waals surface area contributed by atoms with Gasteiger partial charge in [0.1, 0.15) is 0 Å². The normalized spacial score (nSPS) is 11.4. The van der Waals surface area contributed by atoms with Gasteiger partial charge in [0.2, 0.25) is 0 Å². The van der Waals surface area contributed by atoms with Crippen LogP contribution in [0.5, 0.6) is 0 Å². The summed E-state index contributed by atoms with van der Waals surface area (Å²) in [5, 5.41) is 24.7. The number of aromatic nitrogens is 4. The Balaban J connectivity index is 2.07. The first kappa shape index (κ1) is 12.4. The first-order chi connectivity index (χ1) is 9.16. The van der Waals surface area contributed by atoms with Crippen molar-refractivity contribution in [3.63, 3.8) is 0 Å². The molecule has 0 amide bonds. The zero-order valence-corrected chi connectivity index (χ0v) is 9.62. The molecule has 1 aromatic carbocycles. The first-order valence-corrected chi connectivity index (χ1v) is 5.16. The van der Waals surface area contributed by atoms with Gasteiger partial charge in [0.05, 0.1) is 4.92 Å². The molecule has 0 bridgehead atoms. The van der Waals surface area contributed by atoms with E-state index in [0.717, 1.165) is 4.79 Å². The molecule has 19 heavy (non-hydrogen) atoms. The molecule has 0 atom stereocenters. The zero-order chi connectivity index (χ0) is 13.7. The molecule has 9 nitrogen and oxygen atoms in total. The first-order valence-electron chi connectivity index (χ1n) is 5.16. The number of allylic oxidation sites excluding steroid dienone is 1. The molecule has 0 saturated carbocycles. The number of anilines is 1. The molecule has 0 aliphatic rings. The Morgan fingerprint density at radius 3 is 3.00 bits per heavy atom. The van der Waals surface area contributed by atoms with Crippen LogP contribution in [0.3, 0.4) is 0 Å². The van der Waals surface area contributed by atoms with Crippen molar-refractivity contribution in [2.45, 2.75) is 0 Å². The Kier molecular flexibility index (Phi) is 3.57. The number of non-ortho nitro benzene ring substituents is 1. The molecular weight excluding hydrogens is 250 g/mol. The van der Waals surface area contributed by atoms with E-state index < -0.39 is 4.92 Å². The van der Waals surface area contributed by atoms with E-state index >= 15 is 0 Å². The van der Waals surface area contributed by atoms with Gasteiger partial charge in [-0.25, -0.2) is 0 Å². The average molecular weight is 259 g/mol. The summed E-state index contributed by atoms with van der Waals surface area (Å²) in [5.74, 6) is 0.0694. The Bertz CT molecular complexity index is 647. The molecule has 0 radical (unpaired) electrons. The van der Waals surface area contributed by atoms with Crippen LogP contribution in [-0.4, -0.2) is 31.5 Å². The second kappa shape index (κ2) is 5.49. The second-order valence-corrected chi connectivity index (χ2v) is 3.40. The Morgan fingerprint density at radius 2 is 2.32 bits per heavy atom. The van der Waals surface area contributed by atoms with Crippen molar-refractivity contribution in [1.82, 2.24) is 20.3 Å². The van der Waals surface area contributed by atoms with Crippen molar-refractivity contribution in [2.24, 2.45) is 5.10 Å². The number of benzene rings is 1. The van der Waals surface area contributed by atoms with E-state index in [9.17, 15) is 10.1 Å². The topological polar surface area (TPSA) is 125 Å². The van der Waals surface area contributed by atoms with Gasteiger partial charge in [-0.3, -0.25) is 10.1 Å². The van der Waals surface area contributed by atoms with Crippen LogP contribution in [0.2, 0.25) is 0 Å². The van der Waals surface area contributed by atoms with Crippen LogP contribution in [0.4, 0.5) is 11.6 Å². The van der Waals surface area contributed by atoms with Crippen molar-refractivity contribution in [2.75, 3.05) is 5.73 Å². The number of nitro benzene ring substituents is 1. The summed E-state index contributed by atoms with van der Waals surface area (Å²) in [6.07, 6.45) is 4.68. The fourth-order valence-electron chi connectivity index (χ4n) is 1.27. The van der Waals surface area contributed by atoms with Gasteiger partial charge in [-0.15, -0.1) is 0 Å². The maximum Gasteiger partial charge on any atom is 0.270 e. The molecule has 0 aliphatic heterocycles. The molecule has 1 aromatic heterocycles. The molecule has 0 aliphatic carbocycles. The minimum Gasteiger partial charge on any atom is -0.365 e. The van der Waals surface area contributed by atoms with Crippen molar-refractivity contribution >= 4 is 23.9 Å². The summed E-state index contributed by atoms with van der Waals surface area (Å²) in [5.41, 5.74) is 6.12. The molecular formula is C10H9N7O2. The van der Waals surface area contributed by atoms with E-state index in [0.29, 0.717) is 5.56 Å². The number of rotatable bonds is 4. The molecule has 2 aromatic rings. The third-order valence-electron chi connectivity index (χ3n) is 2.11. The van der Waals surface area contributed by atoms with Gasteiger partial charge in [-0.05, 0) is 22.1 Å². The summed E-state index contributed by atoms with van der Waals surface area (Å²) in [4.78, 5) is 11.2. The van der Waals surface area contributed by atoms with E-state index in [-0.39, 0.29) is 11.6 Å². The predicted molar refractivity (Wildman–Crippen MR) is 68.2 cm³/mol.